The highest BCUT2D eigenvalue weighted by Gasteiger charge is 2.23. The third-order valence-corrected chi connectivity index (χ3v) is 4.91. The van der Waals surface area contributed by atoms with E-state index < -0.39 is 0 Å². The van der Waals surface area contributed by atoms with Crippen LogP contribution in [-0.2, 0) is 11.2 Å². The van der Waals surface area contributed by atoms with Gasteiger partial charge in [0.15, 0.2) is 0 Å². The number of amides is 1. The van der Waals surface area contributed by atoms with E-state index in [2.05, 4.69) is 22.7 Å². The van der Waals surface area contributed by atoms with Crippen LogP contribution in [-0.4, -0.2) is 34.8 Å². The molecule has 5 nitrogen and oxygen atoms in total. The average Bonchev–Trinajstić information content (AvgIpc) is 2.86. The maximum atomic E-state index is 12.5. The van der Waals surface area contributed by atoms with Crippen LogP contribution >= 0.6 is 0 Å². The van der Waals surface area contributed by atoms with Crippen LogP contribution in [0, 0.1) is 19.8 Å². The molecule has 2 unspecified atom stereocenters. The third kappa shape index (κ3) is 3.51. The number of hydrogen-bond donors (Lipinski definition) is 2. The van der Waals surface area contributed by atoms with Crippen molar-refractivity contribution >= 4 is 5.91 Å². The van der Waals surface area contributed by atoms with E-state index in [1.165, 1.54) is 0 Å². The number of para-hydroxylation sites is 1. The SMILES string of the molecule is Cc1nn(-c2ccccc2)c(C)c1CC(=O)NC1CCNCC1C. The summed E-state index contributed by atoms with van der Waals surface area (Å²) >= 11 is 0. The van der Waals surface area contributed by atoms with E-state index in [0.717, 1.165) is 42.1 Å². The molecule has 1 aromatic carbocycles. The minimum Gasteiger partial charge on any atom is -0.353 e. The standard InChI is InChI=1S/C19H26N4O/c1-13-12-20-10-9-18(13)21-19(24)11-17-14(2)22-23(15(17)3)16-7-5-4-6-8-16/h4-8,13,18,20H,9-12H2,1-3H3,(H,21,24). The molecule has 1 fully saturated rings. The van der Waals surface area contributed by atoms with E-state index >= 15 is 0 Å². The zero-order valence-corrected chi connectivity index (χ0v) is 14.7. The lowest BCUT2D eigenvalue weighted by atomic mass is 9.95. The molecule has 1 saturated heterocycles. The summed E-state index contributed by atoms with van der Waals surface area (Å²) in [5, 5.41) is 11.2. The fourth-order valence-corrected chi connectivity index (χ4v) is 3.40. The molecule has 5 heteroatoms. The molecule has 2 heterocycles. The summed E-state index contributed by atoms with van der Waals surface area (Å²) in [5.41, 5.74) is 4.01. The Hall–Kier alpha value is -2.14. The minimum absolute atomic E-state index is 0.0903. The molecule has 1 aromatic heterocycles. The summed E-state index contributed by atoms with van der Waals surface area (Å²) in [6, 6.07) is 10.3. The second-order valence-electron chi connectivity index (χ2n) is 6.72. The van der Waals surface area contributed by atoms with Crippen molar-refractivity contribution in [3.05, 3.63) is 47.3 Å². The Balaban J connectivity index is 1.73. The summed E-state index contributed by atoms with van der Waals surface area (Å²) < 4.78 is 1.92. The van der Waals surface area contributed by atoms with Gasteiger partial charge in [0.2, 0.25) is 5.91 Å². The largest absolute Gasteiger partial charge is 0.353 e. The molecule has 128 valence electrons. The first kappa shape index (κ1) is 16.7. The van der Waals surface area contributed by atoms with Crippen molar-refractivity contribution in [3.63, 3.8) is 0 Å². The lowest BCUT2D eigenvalue weighted by molar-refractivity contribution is -0.121. The minimum atomic E-state index is 0.0903. The molecule has 0 radical (unpaired) electrons. The average molecular weight is 326 g/mol. The van der Waals surface area contributed by atoms with Crippen molar-refractivity contribution in [1.82, 2.24) is 20.4 Å². The number of benzene rings is 1. The molecule has 2 atom stereocenters. The first-order valence-corrected chi connectivity index (χ1v) is 8.67. The second kappa shape index (κ2) is 7.18. The van der Waals surface area contributed by atoms with Gasteiger partial charge in [0.1, 0.15) is 0 Å². The van der Waals surface area contributed by atoms with E-state index in [-0.39, 0.29) is 11.9 Å². The molecule has 1 amide bonds. The molecule has 2 aromatic rings. The Kier molecular flexibility index (Phi) is 5.00. The van der Waals surface area contributed by atoms with Crippen molar-refractivity contribution in [3.8, 4) is 5.69 Å². The molecule has 3 rings (SSSR count). The summed E-state index contributed by atoms with van der Waals surface area (Å²) in [5.74, 6) is 0.560. The first-order valence-electron chi connectivity index (χ1n) is 8.67. The first-order chi connectivity index (χ1) is 11.6. The molecule has 1 aliphatic rings. The maximum Gasteiger partial charge on any atom is 0.224 e. The van der Waals surface area contributed by atoms with Crippen LogP contribution in [0.2, 0.25) is 0 Å². The Morgan fingerprint density at radius 3 is 2.79 bits per heavy atom. The van der Waals surface area contributed by atoms with Crippen LogP contribution in [0.15, 0.2) is 30.3 Å². The van der Waals surface area contributed by atoms with Crippen LogP contribution in [0.5, 0.6) is 0 Å². The highest BCUT2D eigenvalue weighted by atomic mass is 16.1. The maximum absolute atomic E-state index is 12.5. The zero-order chi connectivity index (χ0) is 17.1. The summed E-state index contributed by atoms with van der Waals surface area (Å²) in [6.07, 6.45) is 1.38. The van der Waals surface area contributed by atoms with Crippen molar-refractivity contribution in [2.24, 2.45) is 5.92 Å². The number of nitrogens with one attached hydrogen (secondary N) is 2. The predicted octanol–water partition coefficient (Wildman–Crippen LogP) is 2.15. The van der Waals surface area contributed by atoms with Crippen LogP contribution in [0.3, 0.4) is 0 Å². The van der Waals surface area contributed by atoms with Crippen LogP contribution < -0.4 is 10.6 Å². The summed E-state index contributed by atoms with van der Waals surface area (Å²) in [7, 11) is 0. The third-order valence-electron chi connectivity index (χ3n) is 4.91. The number of rotatable bonds is 4. The number of aryl methyl sites for hydroxylation is 1. The fourth-order valence-electron chi connectivity index (χ4n) is 3.40. The summed E-state index contributed by atoms with van der Waals surface area (Å²) in [6.45, 7) is 8.13. The Morgan fingerprint density at radius 1 is 1.33 bits per heavy atom. The van der Waals surface area contributed by atoms with Gasteiger partial charge < -0.3 is 10.6 Å². The molecular weight excluding hydrogens is 300 g/mol. The van der Waals surface area contributed by atoms with Crippen LogP contribution in [0.25, 0.3) is 5.69 Å². The molecular formula is C19H26N4O. The van der Waals surface area contributed by atoms with E-state index in [1.54, 1.807) is 0 Å². The van der Waals surface area contributed by atoms with Crippen LogP contribution in [0.4, 0.5) is 0 Å². The second-order valence-corrected chi connectivity index (χ2v) is 6.72. The van der Waals surface area contributed by atoms with Crippen LogP contribution in [0.1, 0.15) is 30.3 Å². The van der Waals surface area contributed by atoms with E-state index in [1.807, 2.05) is 48.9 Å². The quantitative estimate of drug-likeness (QED) is 0.905. The van der Waals surface area contributed by atoms with E-state index in [4.69, 9.17) is 0 Å². The number of aromatic nitrogens is 2. The van der Waals surface area contributed by atoms with Crippen molar-refractivity contribution in [2.45, 2.75) is 39.7 Å². The molecule has 1 aliphatic heterocycles. The highest BCUT2D eigenvalue weighted by molar-refractivity contribution is 5.79. The number of carbonyl (C=O) groups is 1. The van der Waals surface area contributed by atoms with Gasteiger partial charge in [-0.1, -0.05) is 25.1 Å². The molecule has 24 heavy (non-hydrogen) atoms. The van der Waals surface area contributed by atoms with Crippen molar-refractivity contribution in [2.75, 3.05) is 13.1 Å². The Labute approximate surface area is 143 Å². The lowest BCUT2D eigenvalue weighted by Crippen LogP contribution is -2.48. The van der Waals surface area contributed by atoms with E-state index in [9.17, 15) is 4.79 Å². The van der Waals surface area contributed by atoms with Gasteiger partial charge >= 0.3 is 0 Å². The number of piperidine rings is 1. The molecule has 0 aliphatic carbocycles. The van der Waals surface area contributed by atoms with Gasteiger partial charge in [0.05, 0.1) is 17.8 Å². The number of hydrogen-bond acceptors (Lipinski definition) is 3. The number of carbonyl (C=O) groups excluding carboxylic acids is 1. The van der Waals surface area contributed by atoms with Gasteiger partial charge in [-0.15, -0.1) is 0 Å². The van der Waals surface area contributed by atoms with Gasteiger partial charge in [-0.2, -0.15) is 5.10 Å². The molecule has 2 N–H and O–H groups in total. The fraction of sp³-hybridized carbons (Fsp3) is 0.474. The summed E-state index contributed by atoms with van der Waals surface area (Å²) in [4.78, 5) is 12.5. The number of nitrogens with zero attached hydrogens (tertiary/aromatic N) is 2. The lowest BCUT2D eigenvalue weighted by Gasteiger charge is -2.30. The zero-order valence-electron chi connectivity index (χ0n) is 14.7. The van der Waals surface area contributed by atoms with Gasteiger partial charge in [-0.05, 0) is 51.4 Å². The van der Waals surface area contributed by atoms with E-state index in [0.29, 0.717) is 12.3 Å². The molecule has 0 bridgehead atoms. The van der Waals surface area contributed by atoms with Crippen molar-refractivity contribution in [1.29, 1.82) is 0 Å². The van der Waals surface area contributed by atoms with Gasteiger partial charge in [0.25, 0.3) is 0 Å². The van der Waals surface area contributed by atoms with Gasteiger partial charge in [0, 0.05) is 17.3 Å². The smallest absolute Gasteiger partial charge is 0.224 e. The van der Waals surface area contributed by atoms with Gasteiger partial charge in [-0.3, -0.25) is 4.79 Å². The Bertz CT molecular complexity index is 708. The normalized spacial score (nSPS) is 20.8. The molecule has 0 spiro atoms. The monoisotopic (exact) mass is 326 g/mol. The predicted molar refractivity (Wildman–Crippen MR) is 95.3 cm³/mol. The molecule has 0 saturated carbocycles. The van der Waals surface area contributed by atoms with Crippen molar-refractivity contribution < 1.29 is 4.79 Å². The Morgan fingerprint density at radius 2 is 2.08 bits per heavy atom. The van der Waals surface area contributed by atoms with Gasteiger partial charge in [-0.25, -0.2) is 4.68 Å². The topological polar surface area (TPSA) is 59.0 Å². The highest BCUT2D eigenvalue weighted by Crippen LogP contribution is 2.19.